The molecule has 6 heteroatoms. The summed E-state index contributed by atoms with van der Waals surface area (Å²) in [6, 6.07) is 9.77. The molecule has 2 aromatic heterocycles. The standard InChI is InChI=1S/C17H14ClN3S2/c1-2-7-19-17-21(20-10-13-6-8-22-11-13)16(12-23-17)14-4-3-5-15(18)9-14/h2-6,8-12H,1,7H2. The molecule has 0 aliphatic carbocycles. The Morgan fingerprint density at radius 3 is 2.91 bits per heavy atom. The summed E-state index contributed by atoms with van der Waals surface area (Å²) in [6.07, 6.45) is 3.61. The van der Waals surface area contributed by atoms with Gasteiger partial charge in [0.05, 0.1) is 18.5 Å². The molecule has 0 saturated carbocycles. The van der Waals surface area contributed by atoms with E-state index >= 15 is 0 Å². The monoisotopic (exact) mass is 359 g/mol. The SMILES string of the molecule is C=CCN=c1scc(-c2cccc(Cl)c2)n1N=Cc1ccsc1. The van der Waals surface area contributed by atoms with Gasteiger partial charge in [-0.05, 0) is 29.0 Å². The Morgan fingerprint density at radius 1 is 1.26 bits per heavy atom. The van der Waals surface area contributed by atoms with Crippen LogP contribution in [0.15, 0.2) is 69.2 Å². The lowest BCUT2D eigenvalue weighted by Gasteiger charge is -2.03. The van der Waals surface area contributed by atoms with Crippen LogP contribution < -0.4 is 4.80 Å². The molecule has 0 atom stereocenters. The van der Waals surface area contributed by atoms with E-state index in [0.29, 0.717) is 11.6 Å². The van der Waals surface area contributed by atoms with Gasteiger partial charge in [0.25, 0.3) is 0 Å². The highest BCUT2D eigenvalue weighted by Crippen LogP contribution is 2.23. The van der Waals surface area contributed by atoms with Crippen LogP contribution in [-0.4, -0.2) is 17.4 Å². The van der Waals surface area contributed by atoms with Crippen LogP contribution >= 0.6 is 34.3 Å². The van der Waals surface area contributed by atoms with E-state index in [2.05, 4.69) is 22.1 Å². The second-order valence-electron chi connectivity index (χ2n) is 4.66. The maximum Gasteiger partial charge on any atom is 0.206 e. The smallest absolute Gasteiger partial charge is 0.206 e. The zero-order chi connectivity index (χ0) is 16.1. The van der Waals surface area contributed by atoms with Crippen LogP contribution in [0.4, 0.5) is 0 Å². The summed E-state index contributed by atoms with van der Waals surface area (Å²) in [5.41, 5.74) is 3.04. The minimum atomic E-state index is 0.559. The van der Waals surface area contributed by atoms with E-state index in [4.69, 9.17) is 11.6 Å². The van der Waals surface area contributed by atoms with Gasteiger partial charge >= 0.3 is 0 Å². The molecule has 0 radical (unpaired) electrons. The third-order valence-electron chi connectivity index (χ3n) is 3.03. The molecule has 3 aromatic rings. The Balaban J connectivity index is 2.09. The number of rotatable bonds is 5. The summed E-state index contributed by atoms with van der Waals surface area (Å²) in [7, 11) is 0. The average molecular weight is 360 g/mol. The highest BCUT2D eigenvalue weighted by Gasteiger charge is 2.07. The van der Waals surface area contributed by atoms with Gasteiger partial charge in [0.2, 0.25) is 4.80 Å². The normalized spacial score (nSPS) is 12.1. The Labute approximate surface area is 147 Å². The summed E-state index contributed by atoms with van der Waals surface area (Å²) >= 11 is 9.31. The number of halogens is 1. The molecule has 0 bridgehead atoms. The van der Waals surface area contributed by atoms with Gasteiger partial charge in [0.1, 0.15) is 0 Å². The maximum atomic E-state index is 6.12. The molecule has 3 nitrogen and oxygen atoms in total. The van der Waals surface area contributed by atoms with Crippen LogP contribution in [0, 0.1) is 0 Å². The summed E-state index contributed by atoms with van der Waals surface area (Å²) in [6.45, 7) is 4.27. The fraction of sp³-hybridized carbons (Fsp3) is 0.0588. The first-order valence-electron chi connectivity index (χ1n) is 6.92. The molecule has 2 heterocycles. The topological polar surface area (TPSA) is 29.6 Å². The number of aromatic nitrogens is 1. The molecular formula is C17H14ClN3S2. The van der Waals surface area contributed by atoms with Crippen molar-refractivity contribution < 1.29 is 0 Å². The first-order chi connectivity index (χ1) is 11.3. The lowest BCUT2D eigenvalue weighted by molar-refractivity contribution is 0.840. The largest absolute Gasteiger partial charge is 0.253 e. The lowest BCUT2D eigenvalue weighted by atomic mass is 10.2. The minimum Gasteiger partial charge on any atom is -0.253 e. The number of hydrogen-bond donors (Lipinski definition) is 0. The summed E-state index contributed by atoms with van der Waals surface area (Å²) in [4.78, 5) is 5.34. The van der Waals surface area contributed by atoms with Crippen molar-refractivity contribution in [3.63, 3.8) is 0 Å². The van der Waals surface area contributed by atoms with Crippen molar-refractivity contribution in [2.24, 2.45) is 10.1 Å². The van der Waals surface area contributed by atoms with Gasteiger partial charge in [-0.1, -0.05) is 29.8 Å². The van der Waals surface area contributed by atoms with Gasteiger partial charge in [0.15, 0.2) is 0 Å². The van der Waals surface area contributed by atoms with Crippen LogP contribution in [0.3, 0.4) is 0 Å². The zero-order valence-corrected chi connectivity index (χ0v) is 14.6. The molecule has 116 valence electrons. The van der Waals surface area contributed by atoms with E-state index < -0.39 is 0 Å². The molecule has 0 fully saturated rings. The molecule has 0 saturated heterocycles. The summed E-state index contributed by atoms with van der Waals surface area (Å²) < 4.78 is 1.84. The van der Waals surface area contributed by atoms with Gasteiger partial charge in [-0.3, -0.25) is 4.99 Å². The Kier molecular flexibility index (Phi) is 5.23. The summed E-state index contributed by atoms with van der Waals surface area (Å²) in [5, 5.41) is 11.4. The van der Waals surface area contributed by atoms with Crippen molar-refractivity contribution in [2.75, 3.05) is 6.54 Å². The first kappa shape index (κ1) is 15.9. The van der Waals surface area contributed by atoms with Gasteiger partial charge in [0, 0.05) is 21.5 Å². The Bertz CT molecular complexity index is 889. The molecule has 0 N–H and O–H groups in total. The van der Waals surface area contributed by atoms with Crippen LogP contribution in [0.25, 0.3) is 11.3 Å². The van der Waals surface area contributed by atoms with Crippen molar-refractivity contribution in [3.05, 3.63) is 74.5 Å². The van der Waals surface area contributed by atoms with E-state index in [0.717, 1.165) is 21.6 Å². The third kappa shape index (κ3) is 3.88. The average Bonchev–Trinajstić information content (AvgIpc) is 3.20. The molecule has 0 aliphatic rings. The van der Waals surface area contributed by atoms with Gasteiger partial charge < -0.3 is 0 Å². The second-order valence-corrected chi connectivity index (χ2v) is 6.71. The lowest BCUT2D eigenvalue weighted by Crippen LogP contribution is -2.12. The number of hydrogen-bond acceptors (Lipinski definition) is 4. The molecule has 23 heavy (non-hydrogen) atoms. The molecule has 0 spiro atoms. The maximum absolute atomic E-state index is 6.12. The van der Waals surface area contributed by atoms with Gasteiger partial charge in [-0.15, -0.1) is 17.9 Å². The predicted octanol–water partition coefficient (Wildman–Crippen LogP) is 4.90. The van der Waals surface area contributed by atoms with E-state index in [1.165, 1.54) is 0 Å². The van der Waals surface area contributed by atoms with Crippen molar-refractivity contribution in [1.29, 1.82) is 0 Å². The molecule has 0 aliphatic heterocycles. The minimum absolute atomic E-state index is 0.559. The Hall–Kier alpha value is -1.95. The van der Waals surface area contributed by atoms with Gasteiger partial charge in [-0.2, -0.15) is 16.4 Å². The fourth-order valence-corrected chi connectivity index (χ4v) is 3.63. The highest BCUT2D eigenvalue weighted by molar-refractivity contribution is 7.08. The van der Waals surface area contributed by atoms with Crippen molar-refractivity contribution in [1.82, 2.24) is 4.68 Å². The highest BCUT2D eigenvalue weighted by atomic mass is 35.5. The Morgan fingerprint density at radius 2 is 2.17 bits per heavy atom. The van der Waals surface area contributed by atoms with E-state index in [9.17, 15) is 0 Å². The molecule has 0 unspecified atom stereocenters. The van der Waals surface area contributed by atoms with Gasteiger partial charge in [-0.25, -0.2) is 4.68 Å². The van der Waals surface area contributed by atoms with Crippen LogP contribution in [0.1, 0.15) is 5.56 Å². The quantitative estimate of drug-likeness (QED) is 0.458. The van der Waals surface area contributed by atoms with Crippen LogP contribution in [0.5, 0.6) is 0 Å². The molecule has 0 amide bonds. The fourth-order valence-electron chi connectivity index (χ4n) is 1.98. The predicted molar refractivity (Wildman–Crippen MR) is 101 cm³/mol. The van der Waals surface area contributed by atoms with Crippen molar-refractivity contribution in [2.45, 2.75) is 0 Å². The number of benzene rings is 1. The molecule has 1 aromatic carbocycles. The number of nitrogens with zero attached hydrogens (tertiary/aromatic N) is 3. The van der Waals surface area contributed by atoms with Crippen molar-refractivity contribution >= 4 is 40.5 Å². The van der Waals surface area contributed by atoms with Crippen LogP contribution in [0.2, 0.25) is 5.02 Å². The first-order valence-corrected chi connectivity index (χ1v) is 9.12. The van der Waals surface area contributed by atoms with E-state index in [1.54, 1.807) is 28.7 Å². The number of thiazole rings is 1. The molecular weight excluding hydrogens is 346 g/mol. The van der Waals surface area contributed by atoms with Crippen molar-refractivity contribution in [3.8, 4) is 11.3 Å². The van der Waals surface area contributed by atoms with Crippen LogP contribution in [-0.2, 0) is 0 Å². The zero-order valence-electron chi connectivity index (χ0n) is 12.2. The second kappa shape index (κ2) is 7.55. The third-order valence-corrected chi connectivity index (χ3v) is 4.82. The van der Waals surface area contributed by atoms with E-state index in [-0.39, 0.29) is 0 Å². The number of thiophene rings is 1. The summed E-state index contributed by atoms with van der Waals surface area (Å²) in [5.74, 6) is 0. The molecule has 3 rings (SSSR count). The van der Waals surface area contributed by atoms with E-state index in [1.807, 2.05) is 52.0 Å².